The van der Waals surface area contributed by atoms with Gasteiger partial charge in [-0.2, -0.15) is 0 Å². The molecule has 0 aliphatic rings. The van der Waals surface area contributed by atoms with Gasteiger partial charge in [0.2, 0.25) is 0 Å². The maximum Gasteiger partial charge on any atom is 0.336 e. The van der Waals surface area contributed by atoms with Gasteiger partial charge in [-0.05, 0) is 30.2 Å². The first kappa shape index (κ1) is 12.1. The number of carbonyl (C=O) groups excluding carboxylic acids is 1. The Morgan fingerprint density at radius 2 is 1.67 bits per heavy atom. The van der Waals surface area contributed by atoms with Crippen LogP contribution in [0.1, 0.15) is 11.1 Å². The molecule has 0 bridgehead atoms. The number of rotatable bonds is 3. The van der Waals surface area contributed by atoms with E-state index in [2.05, 4.69) is 0 Å². The van der Waals surface area contributed by atoms with E-state index in [0.717, 1.165) is 11.1 Å². The third kappa shape index (κ3) is 3.32. The predicted molar refractivity (Wildman–Crippen MR) is 72.3 cm³/mol. The number of carbonyl (C=O) groups is 1. The molecule has 0 saturated carbocycles. The minimum Gasteiger partial charge on any atom is -0.423 e. The van der Waals surface area contributed by atoms with E-state index in [-0.39, 0.29) is 5.97 Å². The lowest BCUT2D eigenvalue weighted by atomic mass is 10.2. The lowest BCUT2D eigenvalue weighted by Gasteiger charge is -2.03. The van der Waals surface area contributed by atoms with Crippen molar-refractivity contribution in [3.8, 4) is 5.75 Å². The number of hydrogen-bond acceptors (Lipinski definition) is 2. The summed E-state index contributed by atoms with van der Waals surface area (Å²) in [5.74, 6) is 0.230. The van der Waals surface area contributed by atoms with Crippen LogP contribution in [-0.4, -0.2) is 5.97 Å². The van der Waals surface area contributed by atoms with Gasteiger partial charge in [-0.3, -0.25) is 0 Å². The Bertz CT molecular complexity index is 556. The van der Waals surface area contributed by atoms with Gasteiger partial charge in [0.05, 0.1) is 0 Å². The second kappa shape index (κ2) is 5.82. The van der Waals surface area contributed by atoms with Crippen LogP contribution in [0.5, 0.6) is 5.75 Å². The summed E-state index contributed by atoms with van der Waals surface area (Å²) in [7, 11) is 0. The van der Waals surface area contributed by atoms with E-state index >= 15 is 0 Å². The van der Waals surface area contributed by atoms with Crippen LogP contribution in [0.3, 0.4) is 0 Å². The molecule has 0 fully saturated rings. The lowest BCUT2D eigenvalue weighted by Crippen LogP contribution is -2.04. The molecule has 0 unspecified atom stereocenters. The summed E-state index contributed by atoms with van der Waals surface area (Å²) in [5.41, 5.74) is 1.91. The quantitative estimate of drug-likeness (QED) is 0.464. The lowest BCUT2D eigenvalue weighted by molar-refractivity contribution is -0.128. The van der Waals surface area contributed by atoms with Gasteiger partial charge in [0, 0.05) is 6.08 Å². The highest BCUT2D eigenvalue weighted by molar-refractivity contribution is 5.88. The molecule has 0 spiro atoms. The largest absolute Gasteiger partial charge is 0.423 e. The molecule has 18 heavy (non-hydrogen) atoms. The Hall–Kier alpha value is -2.35. The Kier molecular flexibility index (Phi) is 3.92. The molecule has 0 saturated heterocycles. The second-order valence-corrected chi connectivity index (χ2v) is 3.93. The maximum absolute atomic E-state index is 11.6. The first-order valence-corrected chi connectivity index (χ1v) is 5.76. The minimum atomic E-state index is -0.367. The number of ether oxygens (including phenoxy) is 1. The SMILES string of the molecule is Cc1ccccc1OC(=O)/C=C/c1ccccc1. The number of aryl methyl sites for hydroxylation is 1. The van der Waals surface area contributed by atoms with Crippen LogP contribution < -0.4 is 4.74 Å². The van der Waals surface area contributed by atoms with Crippen molar-refractivity contribution in [1.82, 2.24) is 0 Å². The minimum absolute atomic E-state index is 0.367. The molecule has 2 nitrogen and oxygen atoms in total. The summed E-state index contributed by atoms with van der Waals surface area (Å²) in [5, 5.41) is 0. The summed E-state index contributed by atoms with van der Waals surface area (Å²) in [6.45, 7) is 1.91. The van der Waals surface area contributed by atoms with Crippen LogP contribution in [0.25, 0.3) is 6.08 Å². The number of hydrogen-bond donors (Lipinski definition) is 0. The van der Waals surface area contributed by atoms with Crippen molar-refractivity contribution in [3.63, 3.8) is 0 Å². The Morgan fingerprint density at radius 3 is 2.39 bits per heavy atom. The van der Waals surface area contributed by atoms with Crippen LogP contribution in [-0.2, 0) is 4.79 Å². The van der Waals surface area contributed by atoms with E-state index in [1.165, 1.54) is 6.08 Å². The highest BCUT2D eigenvalue weighted by Gasteiger charge is 2.02. The number of para-hydroxylation sites is 1. The van der Waals surface area contributed by atoms with Crippen molar-refractivity contribution >= 4 is 12.0 Å². The van der Waals surface area contributed by atoms with Crippen molar-refractivity contribution in [2.24, 2.45) is 0 Å². The molecule has 90 valence electrons. The standard InChI is InChI=1S/C16H14O2/c1-13-7-5-6-10-15(13)18-16(17)12-11-14-8-3-2-4-9-14/h2-12H,1H3/b12-11+. The summed E-state index contributed by atoms with van der Waals surface area (Å²) < 4.78 is 5.24. The maximum atomic E-state index is 11.6. The van der Waals surface area contributed by atoms with Crippen molar-refractivity contribution in [3.05, 3.63) is 71.8 Å². The first-order valence-electron chi connectivity index (χ1n) is 5.76. The van der Waals surface area contributed by atoms with Crippen LogP contribution in [0.15, 0.2) is 60.7 Å². The third-order valence-electron chi connectivity index (χ3n) is 2.52. The van der Waals surface area contributed by atoms with Crippen molar-refractivity contribution < 1.29 is 9.53 Å². The molecule has 2 aromatic rings. The number of benzene rings is 2. The highest BCUT2D eigenvalue weighted by atomic mass is 16.5. The summed E-state index contributed by atoms with van der Waals surface area (Å²) >= 11 is 0. The molecule has 0 radical (unpaired) electrons. The van der Waals surface area contributed by atoms with Gasteiger partial charge < -0.3 is 4.74 Å². The van der Waals surface area contributed by atoms with Crippen LogP contribution in [0, 0.1) is 6.92 Å². The Balaban J connectivity index is 2.02. The van der Waals surface area contributed by atoms with Gasteiger partial charge in [0.15, 0.2) is 0 Å². The van der Waals surface area contributed by atoms with E-state index in [9.17, 15) is 4.79 Å². The fourth-order valence-electron chi connectivity index (χ4n) is 1.54. The fourth-order valence-corrected chi connectivity index (χ4v) is 1.54. The molecule has 2 aromatic carbocycles. The zero-order valence-corrected chi connectivity index (χ0v) is 10.2. The van der Waals surface area contributed by atoms with Crippen LogP contribution in [0.4, 0.5) is 0 Å². The van der Waals surface area contributed by atoms with E-state index in [1.807, 2.05) is 55.5 Å². The molecular weight excluding hydrogens is 224 g/mol. The van der Waals surface area contributed by atoms with Crippen molar-refractivity contribution in [2.45, 2.75) is 6.92 Å². The number of esters is 1. The summed E-state index contributed by atoms with van der Waals surface area (Å²) in [4.78, 5) is 11.6. The fraction of sp³-hybridized carbons (Fsp3) is 0.0625. The van der Waals surface area contributed by atoms with Gasteiger partial charge >= 0.3 is 5.97 Å². The van der Waals surface area contributed by atoms with E-state index in [0.29, 0.717) is 5.75 Å². The average molecular weight is 238 g/mol. The van der Waals surface area contributed by atoms with E-state index < -0.39 is 0 Å². The Labute approximate surface area is 107 Å². The molecule has 0 aliphatic heterocycles. The van der Waals surface area contributed by atoms with E-state index in [4.69, 9.17) is 4.74 Å². The smallest absolute Gasteiger partial charge is 0.336 e. The monoisotopic (exact) mass is 238 g/mol. The second-order valence-electron chi connectivity index (χ2n) is 3.93. The van der Waals surface area contributed by atoms with Crippen molar-refractivity contribution in [2.75, 3.05) is 0 Å². The van der Waals surface area contributed by atoms with Gasteiger partial charge in [0.1, 0.15) is 5.75 Å². The molecule has 0 heterocycles. The van der Waals surface area contributed by atoms with E-state index in [1.54, 1.807) is 12.1 Å². The van der Waals surface area contributed by atoms with Crippen LogP contribution >= 0.6 is 0 Å². The van der Waals surface area contributed by atoms with Gasteiger partial charge in [-0.25, -0.2) is 4.79 Å². The predicted octanol–water partition coefficient (Wildman–Crippen LogP) is 3.61. The summed E-state index contributed by atoms with van der Waals surface area (Å²) in [6, 6.07) is 17.1. The average Bonchev–Trinajstić information content (AvgIpc) is 2.40. The molecule has 0 N–H and O–H groups in total. The van der Waals surface area contributed by atoms with Gasteiger partial charge in [-0.15, -0.1) is 0 Å². The molecule has 0 amide bonds. The molecule has 0 atom stereocenters. The summed E-state index contributed by atoms with van der Waals surface area (Å²) in [6.07, 6.45) is 3.17. The molecule has 2 rings (SSSR count). The molecule has 2 heteroatoms. The molecule has 0 aromatic heterocycles. The van der Waals surface area contributed by atoms with Gasteiger partial charge in [0.25, 0.3) is 0 Å². The van der Waals surface area contributed by atoms with Gasteiger partial charge in [-0.1, -0.05) is 48.5 Å². The van der Waals surface area contributed by atoms with Crippen molar-refractivity contribution in [1.29, 1.82) is 0 Å². The van der Waals surface area contributed by atoms with Crippen LogP contribution in [0.2, 0.25) is 0 Å². The zero-order chi connectivity index (χ0) is 12.8. The Morgan fingerprint density at radius 1 is 1.00 bits per heavy atom. The third-order valence-corrected chi connectivity index (χ3v) is 2.52. The highest BCUT2D eigenvalue weighted by Crippen LogP contribution is 2.16. The normalized spacial score (nSPS) is 10.5. The zero-order valence-electron chi connectivity index (χ0n) is 10.2. The molecule has 0 aliphatic carbocycles. The first-order chi connectivity index (χ1) is 8.75. The molecular formula is C16H14O2. The topological polar surface area (TPSA) is 26.3 Å².